The summed E-state index contributed by atoms with van der Waals surface area (Å²) in [4.78, 5) is 12.0. The van der Waals surface area contributed by atoms with Gasteiger partial charge in [0.25, 0.3) is 0 Å². The van der Waals surface area contributed by atoms with Gasteiger partial charge in [0.2, 0.25) is 5.91 Å². The summed E-state index contributed by atoms with van der Waals surface area (Å²) in [5.41, 5.74) is 3.34. The molecule has 0 heterocycles. The van der Waals surface area contributed by atoms with Crippen molar-refractivity contribution in [1.82, 2.24) is 0 Å². The molecule has 0 bridgehead atoms. The van der Waals surface area contributed by atoms with Crippen molar-refractivity contribution in [2.75, 3.05) is 11.1 Å². The average Bonchev–Trinajstić information content (AvgIpc) is 2.56. The molecule has 2 aromatic rings. The van der Waals surface area contributed by atoms with Crippen molar-refractivity contribution in [2.45, 2.75) is 31.9 Å². The molecule has 122 valence electrons. The van der Waals surface area contributed by atoms with Crippen LogP contribution in [-0.4, -0.2) is 11.7 Å². The molecular formula is C19H22ClNOS. The van der Waals surface area contributed by atoms with E-state index in [4.69, 9.17) is 11.6 Å². The van der Waals surface area contributed by atoms with E-state index in [1.54, 1.807) is 11.8 Å². The van der Waals surface area contributed by atoms with Crippen molar-refractivity contribution in [1.29, 1.82) is 0 Å². The first kappa shape index (κ1) is 17.9. The molecule has 4 heteroatoms. The Morgan fingerprint density at radius 1 is 1.13 bits per heavy atom. The Labute approximate surface area is 147 Å². The first-order valence-corrected chi connectivity index (χ1v) is 9.33. The molecule has 0 saturated carbocycles. The predicted molar refractivity (Wildman–Crippen MR) is 101 cm³/mol. The molecule has 0 aliphatic rings. The van der Waals surface area contributed by atoms with E-state index in [-0.39, 0.29) is 5.91 Å². The first-order chi connectivity index (χ1) is 11.1. The predicted octanol–water partition coefficient (Wildman–Crippen LogP) is 5.73. The van der Waals surface area contributed by atoms with Gasteiger partial charge in [-0.1, -0.05) is 49.7 Å². The third kappa shape index (κ3) is 5.92. The Bertz CT molecular complexity index is 625. The van der Waals surface area contributed by atoms with Crippen LogP contribution >= 0.6 is 23.4 Å². The molecule has 2 rings (SSSR count). The second kappa shape index (κ2) is 8.99. The van der Waals surface area contributed by atoms with Gasteiger partial charge in [0.15, 0.2) is 0 Å². The molecule has 0 saturated heterocycles. The smallest absolute Gasteiger partial charge is 0.234 e. The van der Waals surface area contributed by atoms with E-state index in [0.29, 0.717) is 11.7 Å². The van der Waals surface area contributed by atoms with E-state index in [1.165, 1.54) is 11.1 Å². The van der Waals surface area contributed by atoms with E-state index in [0.717, 1.165) is 22.9 Å². The van der Waals surface area contributed by atoms with Crippen LogP contribution in [0.5, 0.6) is 0 Å². The van der Waals surface area contributed by atoms with Gasteiger partial charge < -0.3 is 5.32 Å². The van der Waals surface area contributed by atoms with Crippen LogP contribution in [-0.2, 0) is 10.5 Å². The fourth-order valence-electron chi connectivity index (χ4n) is 2.17. The Hall–Kier alpha value is -1.45. The third-order valence-electron chi connectivity index (χ3n) is 3.79. The summed E-state index contributed by atoms with van der Waals surface area (Å²) < 4.78 is 0. The van der Waals surface area contributed by atoms with Crippen molar-refractivity contribution >= 4 is 35.0 Å². The van der Waals surface area contributed by atoms with Gasteiger partial charge in [0.05, 0.1) is 5.75 Å². The quantitative estimate of drug-likeness (QED) is 0.693. The molecule has 0 unspecified atom stereocenters. The molecule has 0 radical (unpaired) electrons. The third-order valence-corrected chi connectivity index (χ3v) is 5.05. The highest BCUT2D eigenvalue weighted by molar-refractivity contribution is 7.99. The second-order valence-corrected chi connectivity index (χ2v) is 7.02. The normalized spacial score (nSPS) is 12.0. The number of thioether (sulfide) groups is 1. The average molecular weight is 348 g/mol. The lowest BCUT2D eigenvalue weighted by molar-refractivity contribution is -0.113. The molecule has 23 heavy (non-hydrogen) atoms. The molecule has 0 aliphatic heterocycles. The standard InChI is InChI=1S/C19H22ClNOS/c1-3-14(2)16-6-10-18(11-7-16)21-19(22)13-23-12-15-4-8-17(20)9-5-15/h4-11,14H,3,12-13H2,1-2H3,(H,21,22)/t14-/m1/s1. The number of benzene rings is 2. The van der Waals surface area contributed by atoms with E-state index >= 15 is 0 Å². The van der Waals surface area contributed by atoms with Crippen LogP contribution in [0.15, 0.2) is 48.5 Å². The molecule has 1 N–H and O–H groups in total. The Morgan fingerprint density at radius 3 is 2.39 bits per heavy atom. The Balaban J connectivity index is 1.77. The minimum absolute atomic E-state index is 0.0280. The molecule has 0 aliphatic carbocycles. The maximum absolute atomic E-state index is 12.0. The lowest BCUT2D eigenvalue weighted by Gasteiger charge is -2.10. The largest absolute Gasteiger partial charge is 0.325 e. The zero-order chi connectivity index (χ0) is 16.7. The SMILES string of the molecule is CC[C@@H](C)c1ccc(NC(=O)CSCc2ccc(Cl)cc2)cc1. The summed E-state index contributed by atoms with van der Waals surface area (Å²) in [5, 5.41) is 3.67. The zero-order valence-electron chi connectivity index (χ0n) is 13.5. The van der Waals surface area contributed by atoms with Gasteiger partial charge >= 0.3 is 0 Å². The topological polar surface area (TPSA) is 29.1 Å². The molecule has 2 nitrogen and oxygen atoms in total. The first-order valence-electron chi connectivity index (χ1n) is 7.80. The van der Waals surface area contributed by atoms with Crippen molar-refractivity contribution in [2.24, 2.45) is 0 Å². The lowest BCUT2D eigenvalue weighted by Crippen LogP contribution is -2.14. The van der Waals surface area contributed by atoms with Crippen LogP contribution < -0.4 is 5.32 Å². The molecule has 0 aromatic heterocycles. The van der Waals surface area contributed by atoms with Crippen LogP contribution in [0.4, 0.5) is 5.69 Å². The number of anilines is 1. The Morgan fingerprint density at radius 2 is 1.78 bits per heavy atom. The number of hydrogen-bond acceptors (Lipinski definition) is 2. The van der Waals surface area contributed by atoms with Crippen molar-refractivity contribution in [3.05, 3.63) is 64.7 Å². The highest BCUT2D eigenvalue weighted by Gasteiger charge is 2.05. The van der Waals surface area contributed by atoms with Crippen LogP contribution in [0.25, 0.3) is 0 Å². The summed E-state index contributed by atoms with van der Waals surface area (Å²) in [6.07, 6.45) is 1.12. The fraction of sp³-hybridized carbons (Fsp3) is 0.316. The maximum Gasteiger partial charge on any atom is 0.234 e. The lowest BCUT2D eigenvalue weighted by atomic mass is 9.99. The number of carbonyl (C=O) groups is 1. The minimum Gasteiger partial charge on any atom is -0.325 e. The minimum atomic E-state index is 0.0280. The van der Waals surface area contributed by atoms with Gasteiger partial charge in [-0.15, -0.1) is 11.8 Å². The van der Waals surface area contributed by atoms with Gasteiger partial charge in [0, 0.05) is 16.5 Å². The van der Waals surface area contributed by atoms with Gasteiger partial charge in [0.1, 0.15) is 0 Å². The summed E-state index contributed by atoms with van der Waals surface area (Å²) in [6, 6.07) is 15.8. The maximum atomic E-state index is 12.0. The van der Waals surface area contributed by atoms with Gasteiger partial charge in [-0.05, 0) is 47.7 Å². The highest BCUT2D eigenvalue weighted by atomic mass is 35.5. The molecule has 0 spiro atoms. The summed E-state index contributed by atoms with van der Waals surface area (Å²) >= 11 is 7.45. The van der Waals surface area contributed by atoms with E-state index in [2.05, 4.69) is 31.3 Å². The van der Waals surface area contributed by atoms with Crippen LogP contribution in [0.2, 0.25) is 5.02 Å². The number of carbonyl (C=O) groups excluding carboxylic acids is 1. The van der Waals surface area contributed by atoms with E-state index in [1.807, 2.05) is 36.4 Å². The molecule has 2 aromatic carbocycles. The number of amides is 1. The number of nitrogens with one attached hydrogen (secondary N) is 1. The molecule has 1 amide bonds. The van der Waals surface area contributed by atoms with Crippen LogP contribution in [0, 0.1) is 0 Å². The fourth-order valence-corrected chi connectivity index (χ4v) is 3.08. The molecule has 0 fully saturated rings. The summed E-state index contributed by atoms with van der Waals surface area (Å²) in [7, 11) is 0. The summed E-state index contributed by atoms with van der Waals surface area (Å²) in [5.74, 6) is 1.82. The van der Waals surface area contributed by atoms with Crippen LogP contribution in [0.3, 0.4) is 0 Å². The Kier molecular flexibility index (Phi) is 7.00. The highest BCUT2D eigenvalue weighted by Crippen LogP contribution is 2.21. The number of hydrogen-bond donors (Lipinski definition) is 1. The number of rotatable bonds is 7. The van der Waals surface area contributed by atoms with Crippen molar-refractivity contribution < 1.29 is 4.79 Å². The zero-order valence-corrected chi connectivity index (χ0v) is 15.1. The van der Waals surface area contributed by atoms with Crippen molar-refractivity contribution in [3.63, 3.8) is 0 Å². The molecular weight excluding hydrogens is 326 g/mol. The second-order valence-electron chi connectivity index (χ2n) is 5.60. The monoisotopic (exact) mass is 347 g/mol. The van der Waals surface area contributed by atoms with E-state index in [9.17, 15) is 4.79 Å². The van der Waals surface area contributed by atoms with Crippen molar-refractivity contribution in [3.8, 4) is 0 Å². The van der Waals surface area contributed by atoms with E-state index < -0.39 is 0 Å². The van der Waals surface area contributed by atoms with Gasteiger partial charge in [-0.3, -0.25) is 4.79 Å². The van der Waals surface area contributed by atoms with Crippen LogP contribution in [0.1, 0.15) is 37.3 Å². The van der Waals surface area contributed by atoms with Gasteiger partial charge in [-0.2, -0.15) is 0 Å². The van der Waals surface area contributed by atoms with Gasteiger partial charge in [-0.25, -0.2) is 0 Å². The molecule has 1 atom stereocenters. The summed E-state index contributed by atoms with van der Waals surface area (Å²) in [6.45, 7) is 4.39. The number of halogens is 1.